The van der Waals surface area contributed by atoms with Crippen LogP contribution in [0.2, 0.25) is 0 Å². The number of benzene rings is 1. The molecule has 1 saturated heterocycles. The van der Waals surface area contributed by atoms with Crippen LogP contribution in [0.4, 0.5) is 5.69 Å². The highest BCUT2D eigenvalue weighted by atomic mass is 16.5. The molecular formula is C22H30N4O3. The maximum atomic E-state index is 12.6. The van der Waals surface area contributed by atoms with Gasteiger partial charge in [-0.1, -0.05) is 38.1 Å². The van der Waals surface area contributed by atoms with E-state index in [9.17, 15) is 9.59 Å². The number of hydrogen-bond acceptors (Lipinski definition) is 5. The van der Waals surface area contributed by atoms with Crippen molar-refractivity contribution in [3.63, 3.8) is 0 Å². The number of rotatable bonds is 8. The second-order valence-electron chi connectivity index (χ2n) is 7.81. The van der Waals surface area contributed by atoms with Crippen LogP contribution < -0.4 is 15.8 Å². The summed E-state index contributed by atoms with van der Waals surface area (Å²) >= 11 is 0. The number of anilines is 1. The lowest BCUT2D eigenvalue weighted by molar-refractivity contribution is -0.124. The highest BCUT2D eigenvalue weighted by molar-refractivity contribution is 5.80. The molecule has 1 aromatic heterocycles. The van der Waals surface area contributed by atoms with Gasteiger partial charge in [-0.25, -0.2) is 4.68 Å². The number of aromatic nitrogens is 2. The van der Waals surface area contributed by atoms with Crippen molar-refractivity contribution in [3.8, 4) is 0 Å². The van der Waals surface area contributed by atoms with E-state index in [0.717, 1.165) is 24.2 Å². The van der Waals surface area contributed by atoms with Crippen LogP contribution in [0.25, 0.3) is 0 Å². The maximum absolute atomic E-state index is 12.6. The summed E-state index contributed by atoms with van der Waals surface area (Å²) in [6.45, 7) is 7.08. The van der Waals surface area contributed by atoms with Crippen LogP contribution in [0.15, 0.2) is 41.3 Å². The number of amides is 1. The fourth-order valence-corrected chi connectivity index (χ4v) is 3.51. The molecule has 3 rings (SSSR count). The molecule has 1 fully saturated rings. The maximum Gasteiger partial charge on any atom is 0.268 e. The largest absolute Gasteiger partial charge is 0.383 e. The van der Waals surface area contributed by atoms with Gasteiger partial charge in [0.1, 0.15) is 0 Å². The van der Waals surface area contributed by atoms with Crippen LogP contribution in [0.5, 0.6) is 0 Å². The number of carbonyl (C=O) groups is 1. The third-order valence-electron chi connectivity index (χ3n) is 5.40. The number of hydrogen-bond donors (Lipinski definition) is 1. The first-order valence-electron chi connectivity index (χ1n) is 10.2. The highest BCUT2D eigenvalue weighted by Gasteiger charge is 2.28. The Morgan fingerprint density at radius 1 is 1.31 bits per heavy atom. The molecule has 2 heterocycles. The third-order valence-corrected chi connectivity index (χ3v) is 5.40. The van der Waals surface area contributed by atoms with Crippen molar-refractivity contribution >= 4 is 11.6 Å². The molecule has 1 aromatic carbocycles. The lowest BCUT2D eigenvalue weighted by Crippen LogP contribution is -2.33. The van der Waals surface area contributed by atoms with Gasteiger partial charge in [0, 0.05) is 32.8 Å². The Morgan fingerprint density at radius 2 is 2.07 bits per heavy atom. The van der Waals surface area contributed by atoms with E-state index in [1.165, 1.54) is 10.2 Å². The molecule has 1 N–H and O–H groups in total. The average Bonchev–Trinajstić information content (AvgIpc) is 3.22. The van der Waals surface area contributed by atoms with Gasteiger partial charge in [0.15, 0.2) is 0 Å². The summed E-state index contributed by atoms with van der Waals surface area (Å²) in [6, 6.07) is 9.96. The van der Waals surface area contributed by atoms with Crippen LogP contribution in [0.1, 0.15) is 37.3 Å². The summed E-state index contributed by atoms with van der Waals surface area (Å²) in [6.07, 6.45) is 2.46. The van der Waals surface area contributed by atoms with Crippen molar-refractivity contribution in [2.45, 2.75) is 39.3 Å². The number of methoxy groups -OCH3 is 1. The molecule has 1 unspecified atom stereocenters. The standard InChI is InChI=1S/C22H30N4O3/c1-16(2)18-6-4-17(5-7-18)13-23-22(28)19-8-9-25(15-19)20-12-21(27)26(24-14-20)10-11-29-3/h4-7,12,14,16,19H,8-11,13,15H2,1-3H3,(H,23,28). The first-order chi connectivity index (χ1) is 14.0. The highest BCUT2D eigenvalue weighted by Crippen LogP contribution is 2.22. The second kappa shape index (κ2) is 9.69. The smallest absolute Gasteiger partial charge is 0.268 e. The number of nitrogens with zero attached hydrogens (tertiary/aromatic N) is 3. The van der Waals surface area contributed by atoms with Crippen LogP contribution in [-0.4, -0.2) is 42.5 Å². The van der Waals surface area contributed by atoms with E-state index in [2.05, 4.69) is 53.4 Å². The number of nitrogens with one attached hydrogen (secondary N) is 1. The lowest BCUT2D eigenvalue weighted by atomic mass is 10.0. The van der Waals surface area contributed by atoms with E-state index >= 15 is 0 Å². The van der Waals surface area contributed by atoms with E-state index in [4.69, 9.17) is 4.74 Å². The fourth-order valence-electron chi connectivity index (χ4n) is 3.51. The van der Waals surface area contributed by atoms with Crippen LogP contribution in [0, 0.1) is 5.92 Å². The van der Waals surface area contributed by atoms with Gasteiger partial charge in [-0.15, -0.1) is 0 Å². The van der Waals surface area contributed by atoms with Gasteiger partial charge >= 0.3 is 0 Å². The van der Waals surface area contributed by atoms with E-state index in [-0.39, 0.29) is 17.4 Å². The Balaban J connectivity index is 1.53. The van der Waals surface area contributed by atoms with Crippen LogP contribution in [-0.2, 0) is 22.6 Å². The van der Waals surface area contributed by atoms with Crippen LogP contribution in [0.3, 0.4) is 0 Å². The summed E-state index contributed by atoms with van der Waals surface area (Å²) < 4.78 is 6.37. The monoisotopic (exact) mass is 398 g/mol. The first kappa shape index (κ1) is 21.0. The first-order valence-corrected chi connectivity index (χ1v) is 10.2. The zero-order valence-electron chi connectivity index (χ0n) is 17.4. The second-order valence-corrected chi connectivity index (χ2v) is 7.81. The quantitative estimate of drug-likeness (QED) is 0.737. The SMILES string of the molecule is COCCn1ncc(N2CCC(C(=O)NCc3ccc(C(C)C)cc3)C2)cc1=O. The summed E-state index contributed by atoms with van der Waals surface area (Å²) in [5.74, 6) is 0.474. The van der Waals surface area contributed by atoms with Crippen molar-refractivity contribution in [2.24, 2.45) is 5.92 Å². The molecule has 1 aliphatic rings. The molecule has 0 aliphatic carbocycles. The third kappa shape index (κ3) is 5.44. The molecule has 7 heteroatoms. The van der Waals surface area contributed by atoms with Crippen molar-refractivity contribution in [2.75, 3.05) is 31.7 Å². The minimum absolute atomic E-state index is 0.0573. The van der Waals surface area contributed by atoms with Crippen molar-refractivity contribution in [1.29, 1.82) is 0 Å². The predicted octanol–water partition coefficient (Wildman–Crippen LogP) is 2.16. The summed E-state index contributed by atoms with van der Waals surface area (Å²) in [7, 11) is 1.59. The van der Waals surface area contributed by atoms with Crippen LogP contribution >= 0.6 is 0 Å². The average molecular weight is 399 g/mol. The fraction of sp³-hybridized carbons (Fsp3) is 0.500. The van der Waals surface area contributed by atoms with Gasteiger partial charge in [-0.05, 0) is 23.5 Å². The minimum Gasteiger partial charge on any atom is -0.383 e. The molecule has 0 spiro atoms. The molecule has 2 aromatic rings. The molecule has 0 radical (unpaired) electrons. The Hall–Kier alpha value is -2.67. The topological polar surface area (TPSA) is 76.5 Å². The number of carbonyl (C=O) groups excluding carboxylic acids is 1. The lowest BCUT2D eigenvalue weighted by Gasteiger charge is -2.18. The molecule has 156 valence electrons. The molecule has 0 saturated carbocycles. The summed E-state index contributed by atoms with van der Waals surface area (Å²) in [4.78, 5) is 26.8. The van der Waals surface area contributed by atoms with E-state index < -0.39 is 0 Å². The number of ether oxygens (including phenoxy) is 1. The molecule has 1 amide bonds. The summed E-state index contributed by atoms with van der Waals surface area (Å²) in [5, 5.41) is 7.25. The van der Waals surface area contributed by atoms with E-state index in [0.29, 0.717) is 32.2 Å². The van der Waals surface area contributed by atoms with Crippen molar-refractivity contribution < 1.29 is 9.53 Å². The molecular weight excluding hydrogens is 368 g/mol. The van der Waals surface area contributed by atoms with Gasteiger partial charge in [-0.2, -0.15) is 5.10 Å². The van der Waals surface area contributed by atoms with E-state index in [1.54, 1.807) is 19.4 Å². The Labute approximate surface area is 171 Å². The van der Waals surface area contributed by atoms with Crippen molar-refractivity contribution in [1.82, 2.24) is 15.1 Å². The van der Waals surface area contributed by atoms with Gasteiger partial charge in [0.2, 0.25) is 5.91 Å². The van der Waals surface area contributed by atoms with Crippen molar-refractivity contribution in [3.05, 3.63) is 58.0 Å². The minimum atomic E-state index is -0.155. The zero-order valence-corrected chi connectivity index (χ0v) is 17.4. The van der Waals surface area contributed by atoms with Gasteiger partial charge in [0.05, 0.1) is 31.0 Å². The molecule has 29 heavy (non-hydrogen) atoms. The van der Waals surface area contributed by atoms with Gasteiger partial charge in [-0.3, -0.25) is 9.59 Å². The summed E-state index contributed by atoms with van der Waals surface area (Å²) in [5.41, 5.74) is 3.01. The molecule has 1 aliphatic heterocycles. The predicted molar refractivity (Wildman–Crippen MR) is 113 cm³/mol. The van der Waals surface area contributed by atoms with Gasteiger partial charge < -0.3 is 15.0 Å². The Kier molecular flexibility index (Phi) is 7.04. The normalized spacial score (nSPS) is 16.4. The van der Waals surface area contributed by atoms with Gasteiger partial charge in [0.25, 0.3) is 5.56 Å². The Bertz CT molecular complexity index is 876. The van der Waals surface area contributed by atoms with E-state index in [1.807, 2.05) is 0 Å². The zero-order chi connectivity index (χ0) is 20.8. The Morgan fingerprint density at radius 3 is 2.72 bits per heavy atom. The molecule has 1 atom stereocenters. The molecule has 0 bridgehead atoms. The molecule has 7 nitrogen and oxygen atoms in total.